The van der Waals surface area contributed by atoms with Crippen molar-refractivity contribution >= 4 is 17.5 Å². The smallest absolute Gasteiger partial charge is 0.245 e. The summed E-state index contributed by atoms with van der Waals surface area (Å²) in [5.74, 6) is 1.37. The molecule has 0 amide bonds. The summed E-state index contributed by atoms with van der Waals surface area (Å²) in [5.41, 5.74) is 2.09. The Kier molecular flexibility index (Phi) is 5.37. The summed E-state index contributed by atoms with van der Waals surface area (Å²) in [5, 5.41) is 8.67. The molecule has 5 heteroatoms. The third-order valence-electron chi connectivity index (χ3n) is 3.85. The predicted octanol–water partition coefficient (Wildman–Crippen LogP) is 2.98. The summed E-state index contributed by atoms with van der Waals surface area (Å²) in [6, 6.07) is 0.540. The van der Waals surface area contributed by atoms with Gasteiger partial charge in [-0.2, -0.15) is 5.10 Å². The van der Waals surface area contributed by atoms with Gasteiger partial charge in [0.2, 0.25) is 5.95 Å². The van der Waals surface area contributed by atoms with E-state index in [1.807, 2.05) is 0 Å². The van der Waals surface area contributed by atoms with Crippen LogP contribution in [0.2, 0.25) is 0 Å². The van der Waals surface area contributed by atoms with Gasteiger partial charge < -0.3 is 4.90 Å². The van der Waals surface area contributed by atoms with Gasteiger partial charge in [-0.1, -0.05) is 26.7 Å². The standard InChI is InChI=1S/C14H23ClN4/c1-3-12-13(4-2)17-18-14(16-12)19(10-9-15)11-7-5-6-8-11/h11H,3-10H2,1-2H3. The highest BCUT2D eigenvalue weighted by molar-refractivity contribution is 6.18. The molecule has 1 aliphatic carbocycles. The number of hydrogen-bond donors (Lipinski definition) is 0. The second kappa shape index (κ2) is 7.04. The monoisotopic (exact) mass is 282 g/mol. The highest BCUT2D eigenvalue weighted by atomic mass is 35.5. The molecular weight excluding hydrogens is 260 g/mol. The Morgan fingerprint density at radius 1 is 1.11 bits per heavy atom. The van der Waals surface area contributed by atoms with E-state index in [1.165, 1.54) is 25.7 Å². The van der Waals surface area contributed by atoms with Gasteiger partial charge >= 0.3 is 0 Å². The second-order valence-electron chi connectivity index (χ2n) is 5.03. The lowest BCUT2D eigenvalue weighted by molar-refractivity contribution is 0.596. The number of anilines is 1. The zero-order valence-electron chi connectivity index (χ0n) is 11.9. The van der Waals surface area contributed by atoms with Crippen LogP contribution in [0.3, 0.4) is 0 Å². The zero-order chi connectivity index (χ0) is 13.7. The minimum atomic E-state index is 0.540. The van der Waals surface area contributed by atoms with E-state index < -0.39 is 0 Å². The number of halogens is 1. The molecule has 1 aromatic rings. The first-order valence-electron chi connectivity index (χ1n) is 7.35. The fourth-order valence-electron chi connectivity index (χ4n) is 2.80. The van der Waals surface area contributed by atoms with Gasteiger partial charge in [-0.05, 0) is 25.7 Å². The molecule has 0 bridgehead atoms. The maximum atomic E-state index is 5.94. The van der Waals surface area contributed by atoms with Gasteiger partial charge in [-0.15, -0.1) is 16.7 Å². The van der Waals surface area contributed by atoms with Crippen molar-refractivity contribution in [2.75, 3.05) is 17.3 Å². The van der Waals surface area contributed by atoms with Crippen LogP contribution in [0.15, 0.2) is 0 Å². The average molecular weight is 283 g/mol. The fourth-order valence-corrected chi connectivity index (χ4v) is 2.98. The molecule has 1 aliphatic rings. The van der Waals surface area contributed by atoms with Gasteiger partial charge in [0.1, 0.15) is 0 Å². The molecular formula is C14H23ClN4. The van der Waals surface area contributed by atoms with Gasteiger partial charge in [0.15, 0.2) is 0 Å². The van der Waals surface area contributed by atoms with E-state index in [-0.39, 0.29) is 0 Å². The minimum Gasteiger partial charge on any atom is -0.335 e. The molecule has 2 rings (SSSR count). The predicted molar refractivity (Wildman–Crippen MR) is 78.9 cm³/mol. The average Bonchev–Trinajstić information content (AvgIpc) is 2.98. The van der Waals surface area contributed by atoms with E-state index in [4.69, 9.17) is 16.6 Å². The molecule has 19 heavy (non-hydrogen) atoms. The lowest BCUT2D eigenvalue weighted by atomic mass is 10.2. The topological polar surface area (TPSA) is 41.9 Å². The van der Waals surface area contributed by atoms with E-state index in [0.29, 0.717) is 11.9 Å². The zero-order valence-corrected chi connectivity index (χ0v) is 12.7. The highest BCUT2D eigenvalue weighted by Gasteiger charge is 2.25. The van der Waals surface area contributed by atoms with Crippen LogP contribution < -0.4 is 4.90 Å². The molecule has 1 aromatic heterocycles. The van der Waals surface area contributed by atoms with Gasteiger partial charge in [0.25, 0.3) is 0 Å². The number of nitrogens with zero attached hydrogens (tertiary/aromatic N) is 4. The fraction of sp³-hybridized carbons (Fsp3) is 0.786. The lowest BCUT2D eigenvalue weighted by Gasteiger charge is -2.28. The molecule has 1 heterocycles. The van der Waals surface area contributed by atoms with Crippen LogP contribution in [0.5, 0.6) is 0 Å². The van der Waals surface area contributed by atoms with Crippen LogP contribution in [0.1, 0.15) is 50.9 Å². The second-order valence-corrected chi connectivity index (χ2v) is 5.41. The van der Waals surface area contributed by atoms with Crippen molar-refractivity contribution in [3.63, 3.8) is 0 Å². The van der Waals surface area contributed by atoms with Crippen molar-refractivity contribution < 1.29 is 0 Å². The maximum absolute atomic E-state index is 5.94. The van der Waals surface area contributed by atoms with Crippen LogP contribution >= 0.6 is 11.6 Å². The van der Waals surface area contributed by atoms with E-state index >= 15 is 0 Å². The molecule has 4 nitrogen and oxygen atoms in total. The summed E-state index contributed by atoms with van der Waals surface area (Å²) in [6.45, 7) is 5.02. The van der Waals surface area contributed by atoms with Crippen molar-refractivity contribution in [3.8, 4) is 0 Å². The molecule has 0 aliphatic heterocycles. The third-order valence-corrected chi connectivity index (χ3v) is 4.01. The molecule has 0 radical (unpaired) electrons. The highest BCUT2D eigenvalue weighted by Crippen LogP contribution is 2.26. The van der Waals surface area contributed by atoms with Crippen LogP contribution in [-0.4, -0.2) is 33.6 Å². The van der Waals surface area contributed by atoms with Gasteiger partial charge in [-0.3, -0.25) is 0 Å². The Morgan fingerprint density at radius 3 is 2.37 bits per heavy atom. The van der Waals surface area contributed by atoms with Gasteiger partial charge in [0.05, 0.1) is 11.4 Å². The van der Waals surface area contributed by atoms with Gasteiger partial charge in [0, 0.05) is 18.5 Å². The van der Waals surface area contributed by atoms with Crippen LogP contribution in [-0.2, 0) is 12.8 Å². The molecule has 0 atom stereocenters. The van der Waals surface area contributed by atoms with Crippen LogP contribution in [0.4, 0.5) is 5.95 Å². The van der Waals surface area contributed by atoms with E-state index in [2.05, 4.69) is 28.9 Å². The van der Waals surface area contributed by atoms with E-state index in [1.54, 1.807) is 0 Å². The Balaban J connectivity index is 2.25. The largest absolute Gasteiger partial charge is 0.335 e. The molecule has 106 valence electrons. The Bertz CT molecular complexity index is 404. The SMILES string of the molecule is CCc1nnc(N(CCCl)C2CCCC2)nc1CC. The summed E-state index contributed by atoms with van der Waals surface area (Å²) in [4.78, 5) is 6.97. The van der Waals surface area contributed by atoms with E-state index in [9.17, 15) is 0 Å². The van der Waals surface area contributed by atoms with Crippen LogP contribution in [0, 0.1) is 0 Å². The summed E-state index contributed by atoms with van der Waals surface area (Å²) in [6.07, 6.45) is 6.83. The Morgan fingerprint density at radius 2 is 1.79 bits per heavy atom. The van der Waals surface area contributed by atoms with Gasteiger partial charge in [-0.25, -0.2) is 4.98 Å². The lowest BCUT2D eigenvalue weighted by Crippen LogP contribution is -2.36. The number of aromatic nitrogens is 3. The molecule has 0 unspecified atom stereocenters. The summed E-state index contributed by atoms with van der Waals surface area (Å²) < 4.78 is 0. The number of aryl methyl sites for hydroxylation is 2. The molecule has 1 saturated carbocycles. The molecule has 1 fully saturated rings. The summed E-state index contributed by atoms with van der Waals surface area (Å²) >= 11 is 5.94. The van der Waals surface area contributed by atoms with E-state index in [0.717, 1.165) is 36.7 Å². The quantitative estimate of drug-likeness (QED) is 0.752. The van der Waals surface area contributed by atoms with Crippen molar-refractivity contribution in [2.24, 2.45) is 0 Å². The Hall–Kier alpha value is -0.900. The number of rotatable bonds is 6. The summed E-state index contributed by atoms with van der Waals surface area (Å²) in [7, 11) is 0. The minimum absolute atomic E-state index is 0.540. The Labute approximate surface area is 120 Å². The number of hydrogen-bond acceptors (Lipinski definition) is 4. The van der Waals surface area contributed by atoms with Crippen molar-refractivity contribution in [2.45, 2.75) is 58.4 Å². The first-order valence-corrected chi connectivity index (χ1v) is 7.88. The normalized spacial score (nSPS) is 15.9. The van der Waals surface area contributed by atoms with Crippen molar-refractivity contribution in [1.82, 2.24) is 15.2 Å². The number of alkyl halides is 1. The third kappa shape index (κ3) is 3.35. The van der Waals surface area contributed by atoms with Crippen molar-refractivity contribution in [1.29, 1.82) is 0 Å². The molecule has 0 aromatic carbocycles. The van der Waals surface area contributed by atoms with Crippen molar-refractivity contribution in [3.05, 3.63) is 11.4 Å². The first kappa shape index (κ1) is 14.5. The molecule has 0 saturated heterocycles. The van der Waals surface area contributed by atoms with Crippen LogP contribution in [0.25, 0.3) is 0 Å². The maximum Gasteiger partial charge on any atom is 0.245 e. The molecule has 0 spiro atoms. The molecule has 0 N–H and O–H groups in total. The first-order chi connectivity index (χ1) is 9.30.